The van der Waals surface area contributed by atoms with Crippen molar-refractivity contribution in [3.63, 3.8) is 0 Å². The van der Waals surface area contributed by atoms with E-state index in [1.807, 2.05) is 4.72 Å². The molecule has 10 atom stereocenters. The van der Waals surface area contributed by atoms with Gasteiger partial charge in [-0.05, 0) is 12.1 Å². The Balaban J connectivity index is 0.000000237. The Morgan fingerprint density at radius 3 is 2.06 bits per heavy atom. The van der Waals surface area contributed by atoms with Gasteiger partial charge in [0.1, 0.15) is 53.7 Å². The Kier molecular flexibility index (Phi) is 8.79. The van der Waals surface area contributed by atoms with E-state index in [0.717, 1.165) is 0 Å². The molecule has 1 aromatic carbocycles. The fraction of sp³-hybridized carbons (Fsp3) is 0.632. The molecule has 16 heteroatoms. The molecule has 3 aliphatic rings. The summed E-state index contributed by atoms with van der Waals surface area (Å²) in [5.41, 5.74) is 0.220. The maximum absolute atomic E-state index is 11.1. The van der Waals surface area contributed by atoms with Gasteiger partial charge in [0, 0.05) is 0 Å². The third kappa shape index (κ3) is 5.63. The summed E-state index contributed by atoms with van der Waals surface area (Å²) in [4.78, 5) is 11.1. The Morgan fingerprint density at radius 2 is 1.46 bits per heavy atom. The van der Waals surface area contributed by atoms with E-state index in [4.69, 9.17) is 19.3 Å². The van der Waals surface area contributed by atoms with Crippen LogP contribution in [0.2, 0.25) is 0 Å². The lowest BCUT2D eigenvalue weighted by molar-refractivity contribution is -0.355. The molecule has 2 saturated heterocycles. The number of fused-ring (bicyclic) bond motifs is 1. The molecule has 4 rings (SSSR count). The summed E-state index contributed by atoms with van der Waals surface area (Å²) in [6.45, 7) is -1.35. The fourth-order valence-corrected chi connectivity index (χ4v) is 4.86. The lowest BCUT2D eigenvalue weighted by Crippen LogP contribution is -2.64. The van der Waals surface area contributed by atoms with Crippen LogP contribution in [0.25, 0.3) is 0 Å². The van der Waals surface area contributed by atoms with Crippen molar-refractivity contribution in [1.29, 1.82) is 0 Å². The first-order chi connectivity index (χ1) is 16.4. The van der Waals surface area contributed by atoms with Gasteiger partial charge in [0.25, 0.3) is 15.9 Å². The zero-order valence-corrected chi connectivity index (χ0v) is 18.7. The third-order valence-corrected chi connectivity index (χ3v) is 7.02. The quantitative estimate of drug-likeness (QED) is 0.178. The van der Waals surface area contributed by atoms with Gasteiger partial charge >= 0.3 is 0 Å². The number of rotatable bonds is 4. The van der Waals surface area contributed by atoms with E-state index in [1.165, 1.54) is 12.1 Å². The number of benzene rings is 1. The molecule has 0 aromatic heterocycles. The minimum Gasteiger partial charge on any atom is -0.394 e. The molecular weight excluding hydrogens is 498 g/mol. The zero-order valence-electron chi connectivity index (χ0n) is 17.9. The molecule has 0 bridgehead atoms. The summed E-state index contributed by atoms with van der Waals surface area (Å²) in [6.07, 6.45) is -15.6. The minimum atomic E-state index is -3.55. The van der Waals surface area contributed by atoms with Crippen molar-refractivity contribution < 1.29 is 68.3 Å². The molecule has 1 aromatic rings. The topological polar surface area (TPSA) is 253 Å². The van der Waals surface area contributed by atoms with Gasteiger partial charge in [-0.2, -0.15) is 0 Å². The van der Waals surface area contributed by atoms with Crippen LogP contribution in [-0.4, -0.2) is 130 Å². The number of ether oxygens (including phenoxy) is 3. The van der Waals surface area contributed by atoms with Crippen LogP contribution in [0.15, 0.2) is 29.2 Å². The van der Waals surface area contributed by atoms with Gasteiger partial charge in [-0.3, -0.25) is 4.79 Å². The smallest absolute Gasteiger partial charge is 0.266 e. The van der Waals surface area contributed by atoms with Crippen molar-refractivity contribution in [1.82, 2.24) is 4.72 Å². The van der Waals surface area contributed by atoms with E-state index in [-0.39, 0.29) is 10.5 Å². The van der Waals surface area contributed by atoms with E-state index in [1.54, 1.807) is 12.1 Å². The van der Waals surface area contributed by atoms with Crippen molar-refractivity contribution in [3.8, 4) is 0 Å². The van der Waals surface area contributed by atoms with E-state index < -0.39 is 90.6 Å². The van der Waals surface area contributed by atoms with Crippen LogP contribution in [0.1, 0.15) is 10.4 Å². The van der Waals surface area contributed by atoms with Gasteiger partial charge in [-0.25, -0.2) is 13.1 Å². The lowest BCUT2D eigenvalue weighted by atomic mass is 9.97. The number of hydrogen-bond acceptors (Lipinski definition) is 14. The fourth-order valence-electron chi connectivity index (χ4n) is 3.69. The van der Waals surface area contributed by atoms with Crippen LogP contribution in [0.5, 0.6) is 0 Å². The van der Waals surface area contributed by atoms with E-state index >= 15 is 0 Å². The van der Waals surface area contributed by atoms with Gasteiger partial charge < -0.3 is 55.1 Å². The average molecular weight is 525 g/mol. The number of carbonyl (C=O) groups is 1. The number of aliphatic hydroxyl groups excluding tert-OH is 8. The van der Waals surface area contributed by atoms with Crippen LogP contribution >= 0.6 is 0 Å². The molecule has 198 valence electrons. The summed E-state index contributed by atoms with van der Waals surface area (Å²) in [5.74, 6) is -0.550. The summed E-state index contributed by atoms with van der Waals surface area (Å²) in [6, 6.07) is 6.09. The predicted octanol–water partition coefficient (Wildman–Crippen LogP) is -5.28. The first-order valence-electron chi connectivity index (χ1n) is 10.4. The van der Waals surface area contributed by atoms with Gasteiger partial charge in [-0.15, -0.1) is 0 Å². The van der Waals surface area contributed by atoms with Crippen molar-refractivity contribution >= 4 is 15.9 Å². The number of aliphatic hydroxyl groups is 8. The summed E-state index contributed by atoms with van der Waals surface area (Å²) in [5, 5.41) is 76.5. The number of sulfonamides is 1. The molecule has 0 saturated carbocycles. The molecule has 0 spiro atoms. The third-order valence-electron chi connectivity index (χ3n) is 5.63. The Bertz CT molecular complexity index is 988. The first kappa shape index (κ1) is 27.8. The predicted molar refractivity (Wildman–Crippen MR) is 110 cm³/mol. The van der Waals surface area contributed by atoms with Crippen LogP contribution in [0.3, 0.4) is 0 Å². The summed E-state index contributed by atoms with van der Waals surface area (Å²) in [7, 11) is -3.55. The van der Waals surface area contributed by atoms with E-state index in [0.29, 0.717) is 0 Å². The molecule has 35 heavy (non-hydrogen) atoms. The van der Waals surface area contributed by atoms with Gasteiger partial charge in [0.2, 0.25) is 0 Å². The maximum atomic E-state index is 11.1. The van der Waals surface area contributed by atoms with Crippen LogP contribution in [0, 0.1) is 0 Å². The Hall–Kier alpha value is -1.80. The highest BCUT2D eigenvalue weighted by Crippen LogP contribution is 2.28. The second-order valence-electron chi connectivity index (χ2n) is 7.96. The molecule has 3 heterocycles. The monoisotopic (exact) mass is 525 g/mol. The van der Waals surface area contributed by atoms with Gasteiger partial charge in [0.15, 0.2) is 12.6 Å². The second-order valence-corrected chi connectivity index (χ2v) is 9.61. The highest BCUT2D eigenvalue weighted by molar-refractivity contribution is 7.90. The van der Waals surface area contributed by atoms with Crippen molar-refractivity contribution in [3.05, 3.63) is 29.8 Å². The Labute approximate surface area is 198 Å². The summed E-state index contributed by atoms with van der Waals surface area (Å²) < 4.78 is 39.4. The molecular formula is C19H27NO14S. The van der Waals surface area contributed by atoms with Crippen molar-refractivity contribution in [2.75, 3.05) is 13.2 Å². The van der Waals surface area contributed by atoms with E-state index in [2.05, 4.69) is 0 Å². The number of amides is 1. The molecule has 3 aliphatic heterocycles. The number of hydrogen-bond donors (Lipinski definition) is 9. The molecule has 15 nitrogen and oxygen atoms in total. The minimum absolute atomic E-state index is 0.0648. The van der Waals surface area contributed by atoms with Gasteiger partial charge in [0.05, 0.1) is 18.8 Å². The highest BCUT2D eigenvalue weighted by Gasteiger charge is 2.50. The normalized spacial score (nSPS) is 40.3. The first-order valence-corrected chi connectivity index (χ1v) is 11.8. The lowest BCUT2D eigenvalue weighted by Gasteiger charge is -2.45. The molecule has 1 amide bonds. The van der Waals surface area contributed by atoms with Crippen LogP contribution in [-0.2, 0) is 24.2 Å². The second kappa shape index (κ2) is 11.1. The SMILES string of the molecule is O=C1NS(=O)(=O)c2ccccc21.OC[C@H]1O[C@H](O[C@H]2[C@H](O)[C@@H](O)[C@H](O)O[C@@H]2CO)[C@H](O)[C@@H](O)[C@@H]1O. The maximum Gasteiger partial charge on any atom is 0.266 e. The van der Waals surface area contributed by atoms with Crippen molar-refractivity contribution in [2.45, 2.75) is 66.3 Å². The van der Waals surface area contributed by atoms with Crippen LogP contribution < -0.4 is 4.72 Å². The highest BCUT2D eigenvalue weighted by atomic mass is 32.2. The zero-order chi connectivity index (χ0) is 26.1. The van der Waals surface area contributed by atoms with Crippen molar-refractivity contribution in [2.24, 2.45) is 0 Å². The molecule has 0 radical (unpaired) electrons. The molecule has 0 aliphatic carbocycles. The van der Waals surface area contributed by atoms with E-state index in [9.17, 15) is 49.0 Å². The average Bonchev–Trinajstić information content (AvgIpc) is 3.07. The Morgan fingerprint density at radius 1 is 0.829 bits per heavy atom. The molecule has 9 N–H and O–H groups in total. The van der Waals surface area contributed by atoms with Crippen LogP contribution in [0.4, 0.5) is 0 Å². The largest absolute Gasteiger partial charge is 0.394 e. The van der Waals surface area contributed by atoms with Gasteiger partial charge in [-0.1, -0.05) is 12.1 Å². The molecule has 0 unspecified atom stereocenters. The number of nitrogens with one attached hydrogen (secondary N) is 1. The number of carbonyl (C=O) groups excluding carboxylic acids is 1. The molecule has 2 fully saturated rings. The standard InChI is InChI=1S/C12H22O11.C7H5NO3S/c13-1-3-5(15)6(16)9(19)12(22-3)23-10-4(2-14)21-11(20)8(18)7(10)17;9-7-5-3-1-2-4-6(5)12(10,11)8-7/h3-20H,1-2H2;1-4H,(H,8,9)/t3-,4-,5-,6+,7-,8-,9-,10-,11-,12-;/m1./s1. The summed E-state index contributed by atoms with van der Waals surface area (Å²) >= 11 is 0.